The third-order valence-corrected chi connectivity index (χ3v) is 2.94. The molecule has 4 heteroatoms. The van der Waals surface area contributed by atoms with Crippen molar-refractivity contribution in [3.63, 3.8) is 0 Å². The molecule has 0 radical (unpaired) electrons. The summed E-state index contributed by atoms with van der Waals surface area (Å²) >= 11 is 0. The molecule has 2 N–H and O–H groups in total. The average molecular weight is 233 g/mol. The first-order valence-electron chi connectivity index (χ1n) is 5.85. The molecule has 0 spiro atoms. The van der Waals surface area contributed by atoms with Crippen LogP contribution in [0.15, 0.2) is 18.2 Å². The molecule has 1 saturated carbocycles. The Hall–Kier alpha value is -1.60. The van der Waals surface area contributed by atoms with E-state index >= 15 is 0 Å². The summed E-state index contributed by atoms with van der Waals surface area (Å²) in [5.74, 6) is -0.295. The number of nitrogens with zero attached hydrogens (tertiary/aromatic N) is 2. The van der Waals surface area contributed by atoms with E-state index in [-0.39, 0.29) is 5.82 Å². The Morgan fingerprint density at radius 1 is 1.41 bits per heavy atom. The van der Waals surface area contributed by atoms with Gasteiger partial charge in [-0.25, -0.2) is 4.39 Å². The maximum atomic E-state index is 13.2. The highest BCUT2D eigenvalue weighted by Gasteiger charge is 2.28. The van der Waals surface area contributed by atoms with Crippen molar-refractivity contribution in [1.82, 2.24) is 4.90 Å². The van der Waals surface area contributed by atoms with Crippen molar-refractivity contribution in [2.75, 3.05) is 12.3 Å². The minimum Gasteiger partial charge on any atom is -0.399 e. The standard InChI is InChI=1S/C13H16FN3/c14-11-6-10(7-12(16)8-11)9-17(5-1-4-15)13-2-3-13/h6-8,13H,1-3,5,9,16H2. The second-order valence-corrected chi connectivity index (χ2v) is 4.50. The van der Waals surface area contributed by atoms with Gasteiger partial charge in [0, 0.05) is 31.2 Å². The van der Waals surface area contributed by atoms with Gasteiger partial charge in [0.15, 0.2) is 0 Å². The normalized spacial score (nSPS) is 14.9. The average Bonchev–Trinajstić information content (AvgIpc) is 3.06. The molecular weight excluding hydrogens is 217 g/mol. The van der Waals surface area contributed by atoms with Gasteiger partial charge in [-0.15, -0.1) is 0 Å². The number of halogens is 1. The van der Waals surface area contributed by atoms with Crippen molar-refractivity contribution in [3.05, 3.63) is 29.6 Å². The molecular formula is C13H16FN3. The lowest BCUT2D eigenvalue weighted by atomic mass is 10.1. The molecule has 1 aromatic carbocycles. The number of hydrogen-bond acceptors (Lipinski definition) is 3. The second-order valence-electron chi connectivity index (χ2n) is 4.50. The van der Waals surface area contributed by atoms with Crippen LogP contribution in [0.5, 0.6) is 0 Å². The smallest absolute Gasteiger partial charge is 0.125 e. The van der Waals surface area contributed by atoms with Gasteiger partial charge in [0.2, 0.25) is 0 Å². The van der Waals surface area contributed by atoms with E-state index in [4.69, 9.17) is 11.0 Å². The fourth-order valence-corrected chi connectivity index (χ4v) is 2.03. The van der Waals surface area contributed by atoms with E-state index in [1.165, 1.54) is 25.0 Å². The van der Waals surface area contributed by atoms with E-state index in [1.807, 2.05) is 0 Å². The topological polar surface area (TPSA) is 53.0 Å². The number of benzene rings is 1. The van der Waals surface area contributed by atoms with Crippen LogP contribution in [0.25, 0.3) is 0 Å². The molecule has 0 saturated heterocycles. The zero-order valence-corrected chi connectivity index (χ0v) is 9.69. The van der Waals surface area contributed by atoms with Crippen molar-refractivity contribution >= 4 is 5.69 Å². The number of rotatable bonds is 5. The van der Waals surface area contributed by atoms with Gasteiger partial charge < -0.3 is 5.73 Å². The highest BCUT2D eigenvalue weighted by Crippen LogP contribution is 2.28. The Morgan fingerprint density at radius 2 is 2.18 bits per heavy atom. The van der Waals surface area contributed by atoms with E-state index < -0.39 is 0 Å². The van der Waals surface area contributed by atoms with E-state index in [9.17, 15) is 4.39 Å². The SMILES string of the molecule is N#CCCN(Cc1cc(N)cc(F)c1)C1CC1. The summed E-state index contributed by atoms with van der Waals surface area (Å²) in [6.45, 7) is 1.42. The fourth-order valence-electron chi connectivity index (χ4n) is 2.03. The third-order valence-electron chi connectivity index (χ3n) is 2.94. The molecule has 2 rings (SSSR count). The molecule has 0 bridgehead atoms. The molecule has 0 atom stereocenters. The molecule has 1 aliphatic carbocycles. The molecule has 1 fully saturated rings. The minimum atomic E-state index is -0.295. The van der Waals surface area contributed by atoms with Crippen molar-refractivity contribution in [1.29, 1.82) is 5.26 Å². The number of nitriles is 1. The highest BCUT2D eigenvalue weighted by molar-refractivity contribution is 5.41. The lowest BCUT2D eigenvalue weighted by Crippen LogP contribution is -2.26. The minimum absolute atomic E-state index is 0.295. The van der Waals surface area contributed by atoms with E-state index in [0.717, 1.165) is 12.1 Å². The summed E-state index contributed by atoms with van der Waals surface area (Å²) in [6, 6.07) is 7.34. The Labute approximate surface area is 101 Å². The number of nitrogens with two attached hydrogens (primary N) is 1. The predicted molar refractivity (Wildman–Crippen MR) is 64.5 cm³/mol. The first kappa shape index (κ1) is 11.9. The summed E-state index contributed by atoms with van der Waals surface area (Å²) in [5.41, 5.74) is 6.95. The van der Waals surface area contributed by atoms with Crippen LogP contribution in [-0.2, 0) is 6.54 Å². The summed E-state index contributed by atoms with van der Waals surface area (Å²) in [4.78, 5) is 2.23. The van der Waals surface area contributed by atoms with Crippen molar-refractivity contribution in [2.24, 2.45) is 0 Å². The van der Waals surface area contributed by atoms with Crippen LogP contribution < -0.4 is 5.73 Å². The molecule has 0 aliphatic heterocycles. The van der Waals surface area contributed by atoms with Gasteiger partial charge in [-0.1, -0.05) is 0 Å². The largest absolute Gasteiger partial charge is 0.399 e. The summed E-state index contributed by atoms with van der Waals surface area (Å²) in [7, 11) is 0. The summed E-state index contributed by atoms with van der Waals surface area (Å²) in [6.07, 6.45) is 2.87. The van der Waals surface area contributed by atoms with Gasteiger partial charge in [0.1, 0.15) is 5.82 Å². The first-order valence-corrected chi connectivity index (χ1v) is 5.85. The molecule has 0 heterocycles. The molecule has 3 nitrogen and oxygen atoms in total. The van der Waals surface area contributed by atoms with E-state index in [0.29, 0.717) is 24.7 Å². The first-order chi connectivity index (χ1) is 8.19. The zero-order valence-electron chi connectivity index (χ0n) is 9.69. The molecule has 1 aromatic rings. The molecule has 1 aliphatic rings. The lowest BCUT2D eigenvalue weighted by Gasteiger charge is -2.20. The van der Waals surface area contributed by atoms with Crippen LogP contribution in [0.2, 0.25) is 0 Å². The van der Waals surface area contributed by atoms with Crippen LogP contribution >= 0.6 is 0 Å². The Bertz CT molecular complexity index is 415. The summed E-state index contributed by atoms with van der Waals surface area (Å²) in [5, 5.41) is 8.61. The van der Waals surface area contributed by atoms with Crippen LogP contribution in [-0.4, -0.2) is 17.5 Å². The van der Waals surface area contributed by atoms with Crippen LogP contribution in [0.4, 0.5) is 10.1 Å². The lowest BCUT2D eigenvalue weighted by molar-refractivity contribution is 0.260. The third kappa shape index (κ3) is 3.43. The van der Waals surface area contributed by atoms with Crippen LogP contribution in [0.3, 0.4) is 0 Å². The van der Waals surface area contributed by atoms with Gasteiger partial charge in [0.05, 0.1) is 6.07 Å². The highest BCUT2D eigenvalue weighted by atomic mass is 19.1. The van der Waals surface area contributed by atoms with Crippen LogP contribution in [0, 0.1) is 17.1 Å². The van der Waals surface area contributed by atoms with E-state index in [2.05, 4.69) is 11.0 Å². The monoisotopic (exact) mass is 233 g/mol. The molecule has 0 amide bonds. The van der Waals surface area contributed by atoms with Crippen molar-refractivity contribution in [3.8, 4) is 6.07 Å². The fraction of sp³-hybridized carbons (Fsp3) is 0.462. The van der Waals surface area contributed by atoms with E-state index in [1.54, 1.807) is 6.07 Å². The Morgan fingerprint density at radius 3 is 2.76 bits per heavy atom. The molecule has 17 heavy (non-hydrogen) atoms. The zero-order chi connectivity index (χ0) is 12.3. The maximum absolute atomic E-state index is 13.2. The van der Waals surface area contributed by atoms with Gasteiger partial charge >= 0.3 is 0 Å². The van der Waals surface area contributed by atoms with Gasteiger partial charge in [-0.2, -0.15) is 5.26 Å². The molecule has 0 aromatic heterocycles. The maximum Gasteiger partial charge on any atom is 0.125 e. The van der Waals surface area contributed by atoms with Crippen molar-refractivity contribution < 1.29 is 4.39 Å². The second kappa shape index (κ2) is 5.15. The summed E-state index contributed by atoms with van der Waals surface area (Å²) < 4.78 is 13.2. The molecule has 90 valence electrons. The van der Waals surface area contributed by atoms with Gasteiger partial charge in [-0.3, -0.25) is 4.90 Å². The quantitative estimate of drug-likeness (QED) is 0.794. The van der Waals surface area contributed by atoms with Crippen LogP contribution in [0.1, 0.15) is 24.8 Å². The molecule has 0 unspecified atom stereocenters. The van der Waals surface area contributed by atoms with Crippen molar-refractivity contribution in [2.45, 2.75) is 31.8 Å². The number of hydrogen-bond donors (Lipinski definition) is 1. The predicted octanol–water partition coefficient (Wildman–Crippen LogP) is 2.29. The number of nitrogen functional groups attached to an aromatic ring is 1. The number of anilines is 1. The Kier molecular flexibility index (Phi) is 3.60. The van der Waals surface area contributed by atoms with Gasteiger partial charge in [0.25, 0.3) is 0 Å². The van der Waals surface area contributed by atoms with Gasteiger partial charge in [-0.05, 0) is 36.6 Å². The Balaban J connectivity index is 2.03.